The quantitative estimate of drug-likeness (QED) is 0.240. The minimum Gasteiger partial charge on any atom is -0.338 e. The van der Waals surface area contributed by atoms with Gasteiger partial charge in [-0.1, -0.05) is 98.5 Å². The van der Waals surface area contributed by atoms with Crippen LogP contribution in [0.15, 0.2) is 103 Å². The van der Waals surface area contributed by atoms with Gasteiger partial charge in [0.25, 0.3) is 0 Å². The summed E-state index contributed by atoms with van der Waals surface area (Å²) in [6.07, 6.45) is 7.98. The Morgan fingerprint density at radius 1 is 0.571 bits per heavy atom. The van der Waals surface area contributed by atoms with Crippen molar-refractivity contribution in [2.24, 2.45) is 0 Å². The maximum absolute atomic E-state index is 2.66. The molecule has 2 unspecified atom stereocenters. The lowest BCUT2D eigenvalue weighted by atomic mass is 9.83. The van der Waals surface area contributed by atoms with E-state index in [4.69, 9.17) is 0 Å². The summed E-state index contributed by atoms with van der Waals surface area (Å²) in [6.45, 7) is 0. The molecule has 1 aliphatic heterocycles. The normalized spacial score (nSPS) is 19.8. The third-order valence-electron chi connectivity index (χ3n) is 8.34. The van der Waals surface area contributed by atoms with Crippen molar-refractivity contribution < 1.29 is 0 Å². The molecular formula is C34H31N. The van der Waals surface area contributed by atoms with E-state index in [-0.39, 0.29) is 0 Å². The average Bonchev–Trinajstić information content (AvgIpc) is 3.19. The van der Waals surface area contributed by atoms with Gasteiger partial charge in [0.15, 0.2) is 0 Å². The van der Waals surface area contributed by atoms with Gasteiger partial charge >= 0.3 is 0 Å². The van der Waals surface area contributed by atoms with E-state index in [9.17, 15) is 0 Å². The predicted octanol–water partition coefficient (Wildman–Crippen LogP) is 9.62. The number of fused-ring (bicyclic) bond motifs is 5. The fourth-order valence-corrected chi connectivity index (χ4v) is 6.79. The molecule has 5 aromatic carbocycles. The maximum Gasteiger partial charge on any atom is 0.0450 e. The van der Waals surface area contributed by atoms with E-state index < -0.39 is 0 Å². The Kier molecular flexibility index (Phi) is 5.09. The van der Waals surface area contributed by atoms with Gasteiger partial charge in [-0.15, -0.1) is 0 Å². The van der Waals surface area contributed by atoms with Crippen LogP contribution in [0.3, 0.4) is 0 Å². The van der Waals surface area contributed by atoms with Gasteiger partial charge in [-0.3, -0.25) is 0 Å². The molecule has 2 atom stereocenters. The largest absolute Gasteiger partial charge is 0.338 e. The first-order chi connectivity index (χ1) is 17.4. The Bertz CT molecular complexity index is 1460. The highest BCUT2D eigenvalue weighted by atomic mass is 15.2. The van der Waals surface area contributed by atoms with Gasteiger partial charge in [-0.05, 0) is 81.4 Å². The Hall–Kier alpha value is -3.58. The van der Waals surface area contributed by atoms with Crippen LogP contribution in [0.25, 0.3) is 32.7 Å². The summed E-state index contributed by atoms with van der Waals surface area (Å²) in [5, 5.41) is 5.32. The van der Waals surface area contributed by atoms with Gasteiger partial charge in [0, 0.05) is 23.3 Å². The van der Waals surface area contributed by atoms with Gasteiger partial charge in [-0.2, -0.15) is 0 Å². The Balaban J connectivity index is 1.45. The summed E-state index contributed by atoms with van der Waals surface area (Å²) < 4.78 is 0. The van der Waals surface area contributed by atoms with E-state index in [1.165, 1.54) is 82.6 Å². The highest BCUT2D eigenvalue weighted by molar-refractivity contribution is 6.12. The molecular weight excluding hydrogens is 422 g/mol. The molecule has 0 spiro atoms. The van der Waals surface area contributed by atoms with Crippen LogP contribution in [0.5, 0.6) is 0 Å². The van der Waals surface area contributed by atoms with E-state index >= 15 is 0 Å². The molecule has 0 bridgehead atoms. The van der Waals surface area contributed by atoms with Crippen LogP contribution in [0.2, 0.25) is 0 Å². The van der Waals surface area contributed by atoms with Crippen LogP contribution >= 0.6 is 0 Å². The lowest BCUT2D eigenvalue weighted by Crippen LogP contribution is -2.30. The average molecular weight is 454 g/mol. The van der Waals surface area contributed by atoms with Crippen molar-refractivity contribution in [3.63, 3.8) is 0 Å². The van der Waals surface area contributed by atoms with Crippen LogP contribution in [0.4, 0.5) is 11.4 Å². The van der Waals surface area contributed by atoms with Gasteiger partial charge in [0.05, 0.1) is 0 Å². The van der Waals surface area contributed by atoms with E-state index in [1.807, 2.05) is 0 Å². The number of benzene rings is 5. The maximum atomic E-state index is 2.66. The van der Waals surface area contributed by atoms with Crippen LogP contribution < -0.4 is 4.90 Å². The topological polar surface area (TPSA) is 3.24 Å². The second kappa shape index (κ2) is 8.57. The third-order valence-corrected chi connectivity index (χ3v) is 8.34. The standard InChI is InChI=1S/C34H31N/c1-2-7-19-32-30(18-6-1)31-23-26(20-21-33(31)35(32)27-14-4-3-5-15-27)34-28-16-10-8-12-24(28)22-25-13-9-11-17-29(25)34/h3-5,8-17,20-23,30,32H,1-2,6-7,18-19H2. The molecule has 1 fully saturated rings. The monoisotopic (exact) mass is 453 g/mol. The molecule has 1 heterocycles. The number of hydrogen-bond acceptors (Lipinski definition) is 1. The van der Waals surface area contributed by atoms with Crippen molar-refractivity contribution in [3.05, 3.63) is 109 Å². The van der Waals surface area contributed by atoms with Crippen LogP contribution in [-0.2, 0) is 0 Å². The molecule has 0 saturated heterocycles. The van der Waals surface area contributed by atoms with E-state index in [2.05, 4.69) is 108 Å². The van der Waals surface area contributed by atoms with E-state index in [0.717, 1.165) is 0 Å². The third kappa shape index (κ3) is 3.45. The summed E-state index contributed by atoms with van der Waals surface area (Å²) in [5.74, 6) is 0.603. The summed E-state index contributed by atoms with van der Waals surface area (Å²) in [7, 11) is 0. The van der Waals surface area contributed by atoms with Crippen molar-refractivity contribution in [3.8, 4) is 11.1 Å². The van der Waals surface area contributed by atoms with Crippen molar-refractivity contribution in [2.45, 2.75) is 50.5 Å². The zero-order chi connectivity index (χ0) is 23.2. The zero-order valence-corrected chi connectivity index (χ0v) is 20.2. The molecule has 0 radical (unpaired) electrons. The molecule has 35 heavy (non-hydrogen) atoms. The first-order valence-corrected chi connectivity index (χ1v) is 13.3. The van der Waals surface area contributed by atoms with Gasteiger partial charge in [0.2, 0.25) is 0 Å². The number of para-hydroxylation sites is 1. The highest BCUT2D eigenvalue weighted by Crippen LogP contribution is 2.51. The molecule has 7 rings (SSSR count). The molecule has 1 aliphatic carbocycles. The second-order valence-electron chi connectivity index (χ2n) is 10.3. The fraction of sp³-hybridized carbons (Fsp3) is 0.235. The lowest BCUT2D eigenvalue weighted by Gasteiger charge is -2.32. The summed E-state index contributed by atoms with van der Waals surface area (Å²) >= 11 is 0. The van der Waals surface area contributed by atoms with Gasteiger partial charge in [0.1, 0.15) is 0 Å². The fourth-order valence-electron chi connectivity index (χ4n) is 6.79. The SMILES string of the molecule is c1ccc(N2c3ccc(-c4c5ccccc5cc5ccccc45)cc3C3CCCCCCC32)cc1. The van der Waals surface area contributed by atoms with Crippen molar-refractivity contribution in [1.82, 2.24) is 0 Å². The summed E-state index contributed by atoms with van der Waals surface area (Å²) in [4.78, 5) is 2.66. The van der Waals surface area contributed by atoms with Crippen molar-refractivity contribution in [1.29, 1.82) is 0 Å². The van der Waals surface area contributed by atoms with Crippen molar-refractivity contribution >= 4 is 32.9 Å². The lowest BCUT2D eigenvalue weighted by molar-refractivity contribution is 0.419. The second-order valence-corrected chi connectivity index (χ2v) is 10.3. The number of anilines is 2. The minimum absolute atomic E-state index is 0.562. The smallest absolute Gasteiger partial charge is 0.0450 e. The molecule has 0 aromatic heterocycles. The first-order valence-electron chi connectivity index (χ1n) is 13.3. The zero-order valence-electron chi connectivity index (χ0n) is 20.2. The Morgan fingerprint density at radius 3 is 1.97 bits per heavy atom. The number of rotatable bonds is 2. The molecule has 172 valence electrons. The molecule has 1 nitrogen and oxygen atoms in total. The van der Waals surface area contributed by atoms with E-state index in [0.29, 0.717) is 12.0 Å². The molecule has 1 saturated carbocycles. The van der Waals surface area contributed by atoms with Crippen molar-refractivity contribution in [2.75, 3.05) is 4.90 Å². The summed E-state index contributed by atoms with van der Waals surface area (Å²) in [6, 6.07) is 39.1. The molecule has 0 amide bonds. The molecule has 0 N–H and O–H groups in total. The predicted molar refractivity (Wildman–Crippen MR) is 150 cm³/mol. The molecule has 2 aliphatic rings. The van der Waals surface area contributed by atoms with Gasteiger partial charge in [-0.25, -0.2) is 0 Å². The van der Waals surface area contributed by atoms with Crippen LogP contribution in [0, 0.1) is 0 Å². The molecule has 1 heteroatoms. The molecule has 5 aromatic rings. The van der Waals surface area contributed by atoms with Crippen LogP contribution in [0.1, 0.15) is 50.0 Å². The number of nitrogens with zero attached hydrogens (tertiary/aromatic N) is 1. The summed E-state index contributed by atoms with van der Waals surface area (Å²) in [5.41, 5.74) is 7.04. The Labute approximate surface area is 208 Å². The van der Waals surface area contributed by atoms with Crippen LogP contribution in [-0.4, -0.2) is 6.04 Å². The Morgan fingerprint density at radius 2 is 1.23 bits per heavy atom. The minimum atomic E-state index is 0.562. The highest BCUT2D eigenvalue weighted by Gasteiger charge is 2.39. The first kappa shape index (κ1) is 20.8. The van der Waals surface area contributed by atoms with Gasteiger partial charge < -0.3 is 4.90 Å². The van der Waals surface area contributed by atoms with E-state index in [1.54, 1.807) is 5.56 Å². The number of hydrogen-bond donors (Lipinski definition) is 0.